The highest BCUT2D eigenvalue weighted by Gasteiger charge is 2.44. The van der Waals surface area contributed by atoms with E-state index in [2.05, 4.69) is 4.98 Å². The van der Waals surface area contributed by atoms with Crippen molar-refractivity contribution in [3.05, 3.63) is 94.3 Å². The number of imide groups is 1. The lowest BCUT2D eigenvalue weighted by Gasteiger charge is -2.28. The Bertz CT molecular complexity index is 1260. The summed E-state index contributed by atoms with van der Waals surface area (Å²) in [7, 11) is 0. The third-order valence-electron chi connectivity index (χ3n) is 5.55. The third kappa shape index (κ3) is 5.01. The molecule has 0 bridgehead atoms. The normalized spacial score (nSPS) is 15.2. The number of rotatable bonds is 8. The first-order valence-electron chi connectivity index (χ1n) is 10.9. The van der Waals surface area contributed by atoms with Gasteiger partial charge in [0, 0.05) is 36.6 Å². The van der Waals surface area contributed by atoms with E-state index < -0.39 is 28.7 Å². The summed E-state index contributed by atoms with van der Waals surface area (Å²) >= 11 is 0. The average Bonchev–Trinajstić information content (AvgIpc) is 3.17. The molecular weight excluding hydrogens is 452 g/mol. The molecule has 1 aliphatic heterocycles. The van der Waals surface area contributed by atoms with Crippen molar-refractivity contribution in [1.29, 1.82) is 0 Å². The Morgan fingerprint density at radius 2 is 1.94 bits per heavy atom. The lowest BCUT2D eigenvalue weighted by atomic mass is 10.1. The number of nitro benzene ring substituents is 1. The van der Waals surface area contributed by atoms with Crippen LogP contribution in [0.1, 0.15) is 29.3 Å². The van der Waals surface area contributed by atoms with Crippen LogP contribution in [0, 0.1) is 10.1 Å². The number of aromatic nitrogens is 1. The molecule has 0 radical (unpaired) electrons. The molecule has 10 nitrogen and oxygen atoms in total. The van der Waals surface area contributed by atoms with Crippen LogP contribution in [-0.4, -0.2) is 45.2 Å². The molecule has 0 aliphatic carbocycles. The van der Waals surface area contributed by atoms with Crippen molar-refractivity contribution in [3.63, 3.8) is 0 Å². The summed E-state index contributed by atoms with van der Waals surface area (Å²) in [4.78, 5) is 56.8. The zero-order valence-electron chi connectivity index (χ0n) is 18.9. The molecule has 1 fully saturated rings. The molecule has 35 heavy (non-hydrogen) atoms. The summed E-state index contributed by atoms with van der Waals surface area (Å²) in [5, 5.41) is 11.2. The molecule has 0 saturated carbocycles. The highest BCUT2D eigenvalue weighted by Crippen LogP contribution is 2.29. The molecule has 0 spiro atoms. The highest BCUT2D eigenvalue weighted by molar-refractivity contribution is 6.23. The summed E-state index contributed by atoms with van der Waals surface area (Å²) < 4.78 is 5.41. The second-order valence-electron chi connectivity index (χ2n) is 7.82. The van der Waals surface area contributed by atoms with E-state index in [1.165, 1.54) is 23.1 Å². The van der Waals surface area contributed by atoms with Gasteiger partial charge in [0.25, 0.3) is 17.5 Å². The number of anilines is 1. The molecule has 4 rings (SSSR count). The van der Waals surface area contributed by atoms with Crippen molar-refractivity contribution in [2.75, 3.05) is 11.5 Å². The van der Waals surface area contributed by atoms with Gasteiger partial charge in [0.05, 0.1) is 23.6 Å². The van der Waals surface area contributed by atoms with E-state index in [-0.39, 0.29) is 24.2 Å². The van der Waals surface area contributed by atoms with Crippen molar-refractivity contribution < 1.29 is 24.0 Å². The zero-order chi connectivity index (χ0) is 24.9. The van der Waals surface area contributed by atoms with E-state index in [9.17, 15) is 24.5 Å². The quantitative estimate of drug-likeness (QED) is 0.279. The van der Waals surface area contributed by atoms with Gasteiger partial charge in [-0.05, 0) is 48.9 Å². The van der Waals surface area contributed by atoms with Gasteiger partial charge in [-0.2, -0.15) is 0 Å². The van der Waals surface area contributed by atoms with Gasteiger partial charge in [-0.25, -0.2) is 4.90 Å². The average molecular weight is 474 g/mol. The maximum Gasteiger partial charge on any atom is 0.270 e. The Hall–Kier alpha value is -4.60. The standard InChI is InChI=1S/C25H22N4O6/c1-2-35-21-10-8-19(9-11-21)28-23(30)14-22(25(28)32)27(16-17-5-4-12-26-15-17)24(31)18-6-3-7-20(13-18)29(33)34/h3-13,15,22H,2,14,16H2,1H3. The Morgan fingerprint density at radius 3 is 2.60 bits per heavy atom. The van der Waals surface area contributed by atoms with Crippen LogP contribution in [0.25, 0.3) is 0 Å². The van der Waals surface area contributed by atoms with Gasteiger partial charge in [-0.1, -0.05) is 12.1 Å². The van der Waals surface area contributed by atoms with Gasteiger partial charge in [0.2, 0.25) is 5.91 Å². The van der Waals surface area contributed by atoms with Gasteiger partial charge >= 0.3 is 0 Å². The second kappa shape index (κ2) is 10.1. The number of nitrogens with zero attached hydrogens (tertiary/aromatic N) is 4. The Morgan fingerprint density at radius 1 is 1.17 bits per heavy atom. The van der Waals surface area contributed by atoms with Gasteiger partial charge < -0.3 is 9.64 Å². The predicted octanol–water partition coefficient (Wildman–Crippen LogP) is 3.36. The summed E-state index contributed by atoms with van der Waals surface area (Å²) in [5.74, 6) is -1.00. The molecule has 3 amide bonds. The lowest BCUT2D eigenvalue weighted by Crippen LogP contribution is -2.45. The molecule has 2 heterocycles. The number of amides is 3. The fourth-order valence-electron chi connectivity index (χ4n) is 3.92. The number of pyridine rings is 1. The third-order valence-corrected chi connectivity index (χ3v) is 5.55. The monoisotopic (exact) mass is 474 g/mol. The van der Waals surface area contributed by atoms with Crippen LogP contribution in [0.5, 0.6) is 5.75 Å². The fraction of sp³-hybridized carbons (Fsp3) is 0.200. The maximum absolute atomic E-state index is 13.5. The number of benzene rings is 2. The van der Waals surface area contributed by atoms with Crippen LogP contribution in [0.3, 0.4) is 0 Å². The fourth-order valence-corrected chi connectivity index (χ4v) is 3.92. The van der Waals surface area contributed by atoms with E-state index >= 15 is 0 Å². The maximum atomic E-state index is 13.5. The SMILES string of the molecule is CCOc1ccc(N2C(=O)CC(N(Cc3cccnc3)C(=O)c3cccc([N+](=O)[O-])c3)C2=O)cc1. The van der Waals surface area contributed by atoms with Crippen molar-refractivity contribution in [2.24, 2.45) is 0 Å². The zero-order valence-corrected chi connectivity index (χ0v) is 18.9. The van der Waals surface area contributed by atoms with Gasteiger partial charge in [0.1, 0.15) is 11.8 Å². The molecule has 1 aliphatic rings. The molecule has 3 aromatic rings. The summed E-state index contributed by atoms with van der Waals surface area (Å²) in [6.07, 6.45) is 2.92. The second-order valence-corrected chi connectivity index (χ2v) is 7.82. The van der Waals surface area contributed by atoms with E-state index in [1.807, 2.05) is 6.92 Å². The number of non-ortho nitro benzene ring substituents is 1. The van der Waals surface area contributed by atoms with E-state index in [0.717, 1.165) is 11.0 Å². The van der Waals surface area contributed by atoms with Crippen LogP contribution in [-0.2, 0) is 16.1 Å². The van der Waals surface area contributed by atoms with Gasteiger partial charge in [0.15, 0.2) is 0 Å². The minimum Gasteiger partial charge on any atom is -0.494 e. The van der Waals surface area contributed by atoms with Crippen LogP contribution in [0.2, 0.25) is 0 Å². The number of carbonyl (C=O) groups excluding carboxylic acids is 3. The smallest absolute Gasteiger partial charge is 0.270 e. The van der Waals surface area contributed by atoms with Crippen molar-refractivity contribution >= 4 is 29.1 Å². The van der Waals surface area contributed by atoms with Crippen LogP contribution >= 0.6 is 0 Å². The Kier molecular flexibility index (Phi) is 6.81. The van der Waals surface area contributed by atoms with Crippen LogP contribution in [0.15, 0.2) is 73.1 Å². The summed E-state index contributed by atoms with van der Waals surface area (Å²) in [6, 6.07) is 14.2. The summed E-state index contributed by atoms with van der Waals surface area (Å²) in [5.41, 5.74) is 0.811. The summed E-state index contributed by atoms with van der Waals surface area (Å²) in [6.45, 7) is 2.32. The van der Waals surface area contributed by atoms with E-state index in [4.69, 9.17) is 4.74 Å². The molecule has 1 saturated heterocycles. The molecule has 10 heteroatoms. The van der Waals surface area contributed by atoms with E-state index in [0.29, 0.717) is 23.6 Å². The van der Waals surface area contributed by atoms with Gasteiger partial charge in [-0.3, -0.25) is 29.5 Å². The number of nitro groups is 1. The van der Waals surface area contributed by atoms with Crippen molar-refractivity contribution in [3.8, 4) is 5.75 Å². The molecule has 1 atom stereocenters. The number of hydrogen-bond acceptors (Lipinski definition) is 7. The molecule has 1 unspecified atom stereocenters. The number of hydrogen-bond donors (Lipinski definition) is 0. The topological polar surface area (TPSA) is 123 Å². The van der Waals surface area contributed by atoms with E-state index in [1.54, 1.807) is 48.8 Å². The number of carbonyl (C=O) groups is 3. The first kappa shape index (κ1) is 23.6. The number of ether oxygens (including phenoxy) is 1. The Balaban J connectivity index is 1.67. The van der Waals surface area contributed by atoms with Crippen molar-refractivity contribution in [2.45, 2.75) is 25.9 Å². The molecule has 0 N–H and O–H groups in total. The Labute approximate surface area is 200 Å². The molecule has 178 valence electrons. The first-order valence-corrected chi connectivity index (χ1v) is 10.9. The molecule has 2 aromatic carbocycles. The molecule has 1 aromatic heterocycles. The van der Waals surface area contributed by atoms with Gasteiger partial charge in [-0.15, -0.1) is 0 Å². The lowest BCUT2D eigenvalue weighted by molar-refractivity contribution is -0.384. The highest BCUT2D eigenvalue weighted by atomic mass is 16.6. The minimum absolute atomic E-state index is 0.00380. The largest absolute Gasteiger partial charge is 0.494 e. The molecular formula is C25H22N4O6. The first-order chi connectivity index (χ1) is 16.9. The predicted molar refractivity (Wildman–Crippen MR) is 126 cm³/mol. The van der Waals surface area contributed by atoms with Crippen molar-refractivity contribution in [1.82, 2.24) is 9.88 Å². The van der Waals surface area contributed by atoms with Crippen LogP contribution < -0.4 is 9.64 Å². The van der Waals surface area contributed by atoms with Crippen LogP contribution in [0.4, 0.5) is 11.4 Å². The minimum atomic E-state index is -1.08.